The third kappa shape index (κ3) is 4.00. The monoisotopic (exact) mass is 699 g/mol. The Morgan fingerprint density at radius 3 is 1.59 bits per heavy atom. The summed E-state index contributed by atoms with van der Waals surface area (Å²) in [5.41, 5.74) is 0. The van der Waals surface area contributed by atoms with Crippen molar-refractivity contribution in [1.82, 2.24) is 0 Å². The molecule has 4 saturated carbocycles. The third-order valence-corrected chi connectivity index (χ3v) is 21.9. The Morgan fingerprint density at radius 2 is 1.10 bits per heavy atom. The summed E-state index contributed by atoms with van der Waals surface area (Å²) in [6.45, 7) is 0. The maximum absolute atomic E-state index is 16.2. The van der Waals surface area contributed by atoms with E-state index in [1.54, 1.807) is 91.0 Å². The fraction of sp³-hybridized carbons (Fsp3) is 0.438. The van der Waals surface area contributed by atoms with Gasteiger partial charge in [-0.15, -0.1) is 0 Å². The first-order valence-electron chi connectivity index (χ1n) is 14.2. The molecule has 9 heteroatoms. The molecule has 4 aliphatic rings. The van der Waals surface area contributed by atoms with Gasteiger partial charge in [0.1, 0.15) is 0 Å². The van der Waals surface area contributed by atoms with Crippen molar-refractivity contribution in [3.63, 3.8) is 0 Å². The van der Waals surface area contributed by atoms with Crippen LogP contribution in [0.4, 0.5) is 17.6 Å². The molecule has 0 aromatic heterocycles. The predicted molar refractivity (Wildman–Crippen MR) is 143 cm³/mol. The molecule has 0 saturated heterocycles. The Labute approximate surface area is 242 Å². The van der Waals surface area contributed by atoms with E-state index in [4.69, 9.17) is 2.51 Å². The second-order valence-electron chi connectivity index (χ2n) is 12.0. The zero-order valence-corrected chi connectivity index (χ0v) is 25.2. The van der Waals surface area contributed by atoms with Crippen molar-refractivity contribution >= 4 is 10.1 Å². The molecule has 7 unspecified atom stereocenters. The van der Waals surface area contributed by atoms with Crippen molar-refractivity contribution < 1.29 is 47.3 Å². The molecule has 7 rings (SSSR count). The fourth-order valence-corrected chi connectivity index (χ4v) is 20.9. The Balaban J connectivity index is 1.30. The zero-order chi connectivity index (χ0) is 28.6. The summed E-state index contributed by atoms with van der Waals surface area (Å²) in [6, 6.07) is 25.0. The van der Waals surface area contributed by atoms with Gasteiger partial charge in [-0.1, -0.05) is 0 Å². The van der Waals surface area contributed by atoms with E-state index in [2.05, 4.69) is 0 Å². The Hall–Kier alpha value is -1.98. The number of fused-ring (bicyclic) bond motifs is 9. The molecule has 41 heavy (non-hydrogen) atoms. The van der Waals surface area contributed by atoms with Gasteiger partial charge in [0.15, 0.2) is 0 Å². The van der Waals surface area contributed by atoms with E-state index >= 15 is 17.6 Å². The van der Waals surface area contributed by atoms with Gasteiger partial charge in [-0.2, -0.15) is 0 Å². The molecule has 0 aliphatic heterocycles. The molecule has 7 atom stereocenters. The van der Waals surface area contributed by atoms with Gasteiger partial charge in [-0.25, -0.2) is 0 Å². The second kappa shape index (κ2) is 9.77. The molecule has 3 aromatic rings. The third-order valence-electron chi connectivity index (χ3n) is 10.2. The van der Waals surface area contributed by atoms with Gasteiger partial charge in [-0.3, -0.25) is 0 Å². The quantitative estimate of drug-likeness (QED) is 0.197. The SMILES string of the molecule is O=S(=O)(O[I-](c1ccccc1)(c1ccccc1)c1ccccc1)C(F)(F)C(F)(F)C1CC2CC1C1C3CCC(C3)C21. The van der Waals surface area contributed by atoms with Crippen LogP contribution in [0.1, 0.15) is 32.1 Å². The van der Waals surface area contributed by atoms with Gasteiger partial charge in [-0.05, 0) is 0 Å². The Bertz CT molecular complexity index is 1420. The van der Waals surface area contributed by atoms with E-state index in [0.717, 1.165) is 19.3 Å². The second-order valence-corrected chi connectivity index (χ2v) is 21.4. The van der Waals surface area contributed by atoms with Crippen molar-refractivity contribution in [2.45, 2.75) is 43.3 Å². The first kappa shape index (κ1) is 27.8. The average Bonchev–Trinajstić information content (AvgIpc) is 3.78. The number of benzene rings is 3. The van der Waals surface area contributed by atoms with Crippen molar-refractivity contribution in [3.8, 4) is 0 Å². The van der Waals surface area contributed by atoms with Crippen molar-refractivity contribution in [2.75, 3.05) is 0 Å². The van der Waals surface area contributed by atoms with E-state index in [1.807, 2.05) is 0 Å². The Morgan fingerprint density at radius 1 is 0.634 bits per heavy atom. The summed E-state index contributed by atoms with van der Waals surface area (Å²) in [4.78, 5) is 0. The first-order chi connectivity index (χ1) is 19.6. The minimum atomic E-state index is -6.11. The van der Waals surface area contributed by atoms with Crippen LogP contribution in [-0.4, -0.2) is 19.6 Å². The molecule has 0 N–H and O–H groups in total. The van der Waals surface area contributed by atoms with E-state index in [1.165, 1.54) is 0 Å². The molecule has 3 nitrogen and oxygen atoms in total. The number of alkyl halides is 4. The fourth-order valence-electron chi connectivity index (χ4n) is 8.79. The van der Waals surface area contributed by atoms with Crippen LogP contribution in [0.3, 0.4) is 0 Å². The van der Waals surface area contributed by atoms with Gasteiger partial charge >= 0.3 is 244 Å². The molecule has 0 heterocycles. The van der Waals surface area contributed by atoms with Crippen LogP contribution < -0.4 is 18.8 Å². The summed E-state index contributed by atoms with van der Waals surface area (Å²) in [5.74, 6) is -5.86. The summed E-state index contributed by atoms with van der Waals surface area (Å²) in [5, 5.41) is -5.39. The Kier molecular flexibility index (Phi) is 6.63. The normalized spacial score (nSPS) is 31.4. The van der Waals surface area contributed by atoms with E-state index in [9.17, 15) is 8.42 Å². The van der Waals surface area contributed by atoms with Crippen molar-refractivity contribution in [2.24, 2.45) is 41.4 Å². The zero-order valence-electron chi connectivity index (χ0n) is 22.3. The maximum atomic E-state index is 16.2. The van der Waals surface area contributed by atoms with Crippen molar-refractivity contribution in [3.05, 3.63) is 102 Å². The topological polar surface area (TPSA) is 43.4 Å². The van der Waals surface area contributed by atoms with Gasteiger partial charge in [0.05, 0.1) is 0 Å². The number of hydrogen-bond acceptors (Lipinski definition) is 3. The van der Waals surface area contributed by atoms with Crippen LogP contribution in [0.5, 0.6) is 0 Å². The van der Waals surface area contributed by atoms with Gasteiger partial charge in [0.2, 0.25) is 0 Å². The van der Waals surface area contributed by atoms with Crippen LogP contribution in [-0.2, 0) is 12.6 Å². The van der Waals surface area contributed by atoms with Crippen LogP contribution in [0.25, 0.3) is 0 Å². The molecule has 4 aliphatic carbocycles. The molecule has 220 valence electrons. The average molecular weight is 700 g/mol. The van der Waals surface area contributed by atoms with Gasteiger partial charge in [0, 0.05) is 0 Å². The first-order valence-corrected chi connectivity index (χ1v) is 19.7. The van der Waals surface area contributed by atoms with Crippen molar-refractivity contribution in [1.29, 1.82) is 0 Å². The van der Waals surface area contributed by atoms with Gasteiger partial charge < -0.3 is 0 Å². The van der Waals surface area contributed by atoms with E-state index < -0.39 is 52.0 Å². The molecular weight excluding hydrogens is 667 g/mol. The summed E-state index contributed by atoms with van der Waals surface area (Å²) < 4.78 is 99.0. The minimum absolute atomic E-state index is 0.0111. The van der Waals surface area contributed by atoms with Gasteiger partial charge in [0.25, 0.3) is 0 Å². The molecular formula is C32H32F4IO3S-. The molecule has 4 fully saturated rings. The number of halogens is 5. The van der Waals surface area contributed by atoms with E-state index in [0.29, 0.717) is 34.9 Å². The van der Waals surface area contributed by atoms with Crippen LogP contribution in [0, 0.1) is 52.1 Å². The molecule has 4 bridgehead atoms. The summed E-state index contributed by atoms with van der Waals surface area (Å²) in [7, 11) is -6.11. The van der Waals surface area contributed by atoms with E-state index in [-0.39, 0.29) is 18.3 Å². The predicted octanol–water partition coefficient (Wildman–Crippen LogP) is 4.56. The number of hydrogen-bond donors (Lipinski definition) is 0. The standard InChI is InChI=1S/C32H32F4IO3S/c33-31(34,28-20-23-19-27(28)30-22-17-16-21(18-22)29(23)30)32(35,36)41(38,39)40-37(24-10-4-1-5-11-24,25-12-6-2-7-13-25)26-14-8-3-9-15-26/h1-15,21-23,27-30H,16-20H2/q-1. The molecule has 0 amide bonds. The molecule has 0 radical (unpaired) electrons. The molecule has 0 spiro atoms. The summed E-state index contributed by atoms with van der Waals surface area (Å²) >= 11 is -4.86. The van der Waals surface area contributed by atoms with Crippen LogP contribution in [0.2, 0.25) is 0 Å². The van der Waals surface area contributed by atoms with Crippen LogP contribution >= 0.6 is 0 Å². The van der Waals surface area contributed by atoms with Crippen LogP contribution in [0.15, 0.2) is 91.0 Å². The number of rotatable bonds is 8. The summed E-state index contributed by atoms with van der Waals surface area (Å²) in [6.07, 6.45) is 3.51. The molecule has 3 aromatic carbocycles.